The minimum Gasteiger partial charge on any atom is -0.394 e. The van der Waals surface area contributed by atoms with Crippen molar-refractivity contribution in [3.05, 3.63) is 24.3 Å². The van der Waals surface area contributed by atoms with Gasteiger partial charge >= 0.3 is 0 Å². The Bertz CT molecular complexity index is 900. The van der Waals surface area contributed by atoms with Gasteiger partial charge in [-0.25, -0.2) is 0 Å². The first-order valence-electron chi connectivity index (χ1n) is 13.0. The molecule has 3 fully saturated rings. The molecule has 1 spiro atoms. The van der Waals surface area contributed by atoms with Crippen molar-refractivity contribution in [2.24, 2.45) is 11.8 Å². The predicted octanol–water partition coefficient (Wildman–Crippen LogP) is 2.20. The summed E-state index contributed by atoms with van der Waals surface area (Å²) in [5.41, 5.74) is 0. The van der Waals surface area contributed by atoms with Crippen LogP contribution in [0.1, 0.15) is 52.4 Å². The molecule has 0 radical (unpaired) electrons. The van der Waals surface area contributed by atoms with Crippen LogP contribution in [0.15, 0.2) is 24.3 Å². The van der Waals surface area contributed by atoms with E-state index >= 15 is 0 Å². The minimum absolute atomic E-state index is 0.0150. The van der Waals surface area contributed by atoms with Crippen LogP contribution in [0.2, 0.25) is 0 Å². The Balaban J connectivity index is 1.58. The van der Waals surface area contributed by atoms with E-state index in [1.165, 1.54) is 6.42 Å². The number of nitrogens with zero attached hydrogens (tertiary/aromatic N) is 3. The molecule has 0 aromatic heterocycles. The average Bonchev–Trinajstić information content (AvgIpc) is 3.17. The molecule has 6 atom stereocenters. The molecular formula is C26H37N3O4S. The monoisotopic (exact) mass is 487 g/mol. The van der Waals surface area contributed by atoms with E-state index in [-0.39, 0.29) is 35.6 Å². The lowest BCUT2D eigenvalue weighted by Crippen LogP contribution is -2.57. The Kier molecular flexibility index (Phi) is 6.57. The number of aliphatic hydroxyl groups excluding tert-OH is 1. The second-order valence-electron chi connectivity index (χ2n) is 10.5. The molecule has 5 rings (SSSR count). The summed E-state index contributed by atoms with van der Waals surface area (Å²) in [6.07, 6.45) is 14.6. The Hall–Kier alpha value is -1.80. The van der Waals surface area contributed by atoms with Crippen molar-refractivity contribution in [3.63, 3.8) is 0 Å². The number of carbonyl (C=O) groups is 3. The molecule has 4 heterocycles. The lowest BCUT2D eigenvalue weighted by Gasteiger charge is -2.40. The van der Waals surface area contributed by atoms with Crippen LogP contribution in [0, 0.1) is 11.8 Å². The predicted molar refractivity (Wildman–Crippen MR) is 132 cm³/mol. The fraction of sp³-hybridized carbons (Fsp3) is 0.731. The molecule has 0 bridgehead atoms. The molecule has 1 aliphatic carbocycles. The van der Waals surface area contributed by atoms with Crippen molar-refractivity contribution in [1.82, 2.24) is 14.7 Å². The molecule has 1 saturated carbocycles. The summed E-state index contributed by atoms with van der Waals surface area (Å²) in [5.74, 6) is -1.23. The van der Waals surface area contributed by atoms with Gasteiger partial charge in [0.2, 0.25) is 17.7 Å². The summed E-state index contributed by atoms with van der Waals surface area (Å²) in [7, 11) is 0. The topological polar surface area (TPSA) is 81.2 Å². The van der Waals surface area contributed by atoms with E-state index in [9.17, 15) is 19.5 Å². The zero-order valence-electron chi connectivity index (χ0n) is 20.3. The first kappa shape index (κ1) is 23.9. The highest BCUT2D eigenvalue weighted by Gasteiger charge is 2.71. The van der Waals surface area contributed by atoms with Gasteiger partial charge in [0, 0.05) is 30.9 Å². The minimum atomic E-state index is -0.786. The smallest absolute Gasteiger partial charge is 0.247 e. The van der Waals surface area contributed by atoms with Gasteiger partial charge in [-0.3, -0.25) is 14.4 Å². The van der Waals surface area contributed by atoms with Gasteiger partial charge in [0.15, 0.2) is 0 Å². The van der Waals surface area contributed by atoms with E-state index in [1.54, 1.807) is 23.6 Å². The Labute approximate surface area is 206 Å². The molecule has 7 nitrogen and oxygen atoms in total. The molecule has 8 heteroatoms. The molecule has 2 saturated heterocycles. The highest BCUT2D eigenvalue weighted by molar-refractivity contribution is 8.02. The zero-order valence-corrected chi connectivity index (χ0v) is 21.1. The lowest BCUT2D eigenvalue weighted by molar-refractivity contribution is -0.147. The van der Waals surface area contributed by atoms with Crippen LogP contribution in [0.3, 0.4) is 0 Å². The Morgan fingerprint density at radius 1 is 1.09 bits per heavy atom. The number of likely N-dealkylation sites (tertiary alicyclic amines) is 1. The van der Waals surface area contributed by atoms with Crippen LogP contribution in [0.5, 0.6) is 0 Å². The van der Waals surface area contributed by atoms with Crippen molar-refractivity contribution in [3.8, 4) is 0 Å². The fourth-order valence-electron chi connectivity index (χ4n) is 6.90. The molecule has 0 aromatic carbocycles. The SMILES string of the molecule is CCCN1CC=C[C@H]2S[C@]34C=CCN(C5CCCCC5)C(=O)C3N([C@H](C)CO)C(=O)[C@@H]4[C@H]2C1=O. The lowest BCUT2D eigenvalue weighted by atomic mass is 9.78. The third kappa shape index (κ3) is 3.55. The van der Waals surface area contributed by atoms with Gasteiger partial charge in [-0.15, -0.1) is 11.8 Å². The zero-order chi connectivity index (χ0) is 24.0. The largest absolute Gasteiger partial charge is 0.394 e. The first-order valence-corrected chi connectivity index (χ1v) is 13.9. The van der Waals surface area contributed by atoms with Gasteiger partial charge < -0.3 is 19.8 Å². The van der Waals surface area contributed by atoms with E-state index in [2.05, 4.69) is 25.2 Å². The third-order valence-electron chi connectivity index (χ3n) is 8.46. The number of thioether (sulfide) groups is 1. The molecule has 1 unspecified atom stereocenters. The quantitative estimate of drug-likeness (QED) is 0.602. The van der Waals surface area contributed by atoms with Crippen molar-refractivity contribution in [2.75, 3.05) is 26.2 Å². The molecular weight excluding hydrogens is 450 g/mol. The van der Waals surface area contributed by atoms with Gasteiger partial charge in [-0.2, -0.15) is 0 Å². The fourth-order valence-corrected chi connectivity index (χ4v) is 8.89. The van der Waals surface area contributed by atoms with Gasteiger partial charge in [-0.1, -0.05) is 50.5 Å². The maximum absolute atomic E-state index is 14.2. The highest BCUT2D eigenvalue weighted by Crippen LogP contribution is 2.61. The first-order chi connectivity index (χ1) is 16.4. The van der Waals surface area contributed by atoms with Crippen LogP contribution >= 0.6 is 11.8 Å². The number of aliphatic hydroxyl groups is 1. The molecule has 34 heavy (non-hydrogen) atoms. The summed E-state index contributed by atoms with van der Waals surface area (Å²) >= 11 is 1.62. The highest BCUT2D eigenvalue weighted by atomic mass is 32.2. The number of carbonyl (C=O) groups excluding carboxylic acids is 3. The molecule has 3 amide bonds. The number of hydrogen-bond donors (Lipinski definition) is 1. The van der Waals surface area contributed by atoms with E-state index < -0.39 is 28.7 Å². The van der Waals surface area contributed by atoms with Crippen LogP contribution in [-0.4, -0.2) is 91.9 Å². The molecule has 1 N–H and O–H groups in total. The van der Waals surface area contributed by atoms with Crippen molar-refractivity contribution in [2.45, 2.75) is 80.5 Å². The summed E-state index contributed by atoms with van der Waals surface area (Å²) in [4.78, 5) is 47.5. The second kappa shape index (κ2) is 9.34. The van der Waals surface area contributed by atoms with Crippen LogP contribution in [-0.2, 0) is 14.4 Å². The van der Waals surface area contributed by atoms with E-state index in [4.69, 9.17) is 0 Å². The van der Waals surface area contributed by atoms with E-state index in [0.717, 1.165) is 32.1 Å². The number of rotatable bonds is 5. The standard InChI is InChI=1S/C26H37N3O4S/c1-3-13-27-14-7-11-19-20(23(27)31)21-24(32)29(17(2)16-30)22-25(33)28(18-9-5-4-6-10-18)15-8-12-26(21,22)34-19/h7-8,11-12,17-22,30H,3-6,9-10,13-16H2,1-2H3/t17-,19-,20+,21+,22?,26+/m1/s1. The molecule has 186 valence electrons. The molecule has 5 aliphatic rings. The van der Waals surface area contributed by atoms with Gasteiger partial charge in [0.1, 0.15) is 6.04 Å². The maximum Gasteiger partial charge on any atom is 0.247 e. The van der Waals surface area contributed by atoms with Crippen LogP contribution < -0.4 is 0 Å². The normalized spacial score (nSPS) is 36.9. The van der Waals surface area contributed by atoms with Crippen molar-refractivity contribution >= 4 is 29.5 Å². The average molecular weight is 488 g/mol. The third-order valence-corrected chi connectivity index (χ3v) is 10.2. The van der Waals surface area contributed by atoms with Gasteiger partial charge in [0.25, 0.3) is 0 Å². The summed E-state index contributed by atoms with van der Waals surface area (Å²) in [6.45, 7) is 5.43. The summed E-state index contributed by atoms with van der Waals surface area (Å²) in [5, 5.41) is 9.92. The maximum atomic E-state index is 14.2. The molecule has 0 aromatic rings. The second-order valence-corrected chi connectivity index (χ2v) is 12.0. The van der Waals surface area contributed by atoms with Crippen LogP contribution in [0.25, 0.3) is 0 Å². The van der Waals surface area contributed by atoms with E-state index in [0.29, 0.717) is 19.6 Å². The van der Waals surface area contributed by atoms with Gasteiger partial charge in [-0.05, 0) is 26.2 Å². The summed E-state index contributed by atoms with van der Waals surface area (Å²) < 4.78 is -0.786. The summed E-state index contributed by atoms with van der Waals surface area (Å²) in [6, 6.07) is -0.976. The molecule has 4 aliphatic heterocycles. The number of fused-ring (bicyclic) bond motifs is 2. The van der Waals surface area contributed by atoms with Gasteiger partial charge in [0.05, 0.1) is 29.2 Å². The Morgan fingerprint density at radius 2 is 1.85 bits per heavy atom. The van der Waals surface area contributed by atoms with E-state index in [1.807, 2.05) is 15.9 Å². The number of amides is 3. The Morgan fingerprint density at radius 3 is 2.56 bits per heavy atom. The number of hydrogen-bond acceptors (Lipinski definition) is 5. The van der Waals surface area contributed by atoms with Crippen molar-refractivity contribution in [1.29, 1.82) is 0 Å². The van der Waals surface area contributed by atoms with Crippen molar-refractivity contribution < 1.29 is 19.5 Å². The van der Waals surface area contributed by atoms with Crippen LogP contribution in [0.4, 0.5) is 0 Å².